The van der Waals surface area contributed by atoms with E-state index in [0.29, 0.717) is 17.3 Å². The first-order valence-electron chi connectivity index (χ1n) is 8.96. The van der Waals surface area contributed by atoms with Crippen molar-refractivity contribution in [1.82, 2.24) is 0 Å². The lowest BCUT2D eigenvalue weighted by Crippen LogP contribution is -2.22. The number of nitrogens with zero attached hydrogens (tertiary/aromatic N) is 1. The molecule has 1 saturated carbocycles. The minimum absolute atomic E-state index is 0.271. The SMILES string of the molecule is CCCC1CCC(C2=N/C(=C\c3cc(Br)ccc3OC)C(=O)O2)CC1. The predicted octanol–water partition coefficient (Wildman–Crippen LogP) is 5.36. The third-order valence-corrected chi connectivity index (χ3v) is 5.51. The van der Waals surface area contributed by atoms with E-state index in [4.69, 9.17) is 9.47 Å². The minimum Gasteiger partial charge on any atom is -0.496 e. The normalized spacial score (nSPS) is 25.0. The molecule has 0 spiro atoms. The van der Waals surface area contributed by atoms with E-state index in [1.54, 1.807) is 13.2 Å². The molecule has 1 aromatic rings. The van der Waals surface area contributed by atoms with E-state index in [1.165, 1.54) is 25.7 Å². The molecule has 5 heteroatoms. The molecule has 0 bridgehead atoms. The molecule has 4 nitrogen and oxygen atoms in total. The quantitative estimate of drug-likeness (QED) is 0.489. The Bertz CT molecular complexity index is 703. The summed E-state index contributed by atoms with van der Waals surface area (Å²) in [5, 5.41) is 0. The Morgan fingerprint density at radius 3 is 2.76 bits per heavy atom. The fourth-order valence-electron chi connectivity index (χ4n) is 3.67. The highest BCUT2D eigenvalue weighted by Gasteiger charge is 2.32. The van der Waals surface area contributed by atoms with Gasteiger partial charge in [0.15, 0.2) is 5.70 Å². The minimum atomic E-state index is -0.368. The second-order valence-electron chi connectivity index (χ2n) is 6.76. The first-order valence-corrected chi connectivity index (χ1v) is 9.76. The van der Waals surface area contributed by atoms with Gasteiger partial charge in [0, 0.05) is 16.0 Å². The van der Waals surface area contributed by atoms with Crippen LogP contribution in [0.5, 0.6) is 5.75 Å². The van der Waals surface area contributed by atoms with Crippen molar-refractivity contribution in [3.8, 4) is 5.75 Å². The van der Waals surface area contributed by atoms with Crippen LogP contribution in [0.3, 0.4) is 0 Å². The molecule has 1 aliphatic heterocycles. The van der Waals surface area contributed by atoms with Crippen LogP contribution in [0, 0.1) is 11.8 Å². The van der Waals surface area contributed by atoms with Crippen LogP contribution in [0.1, 0.15) is 51.0 Å². The summed E-state index contributed by atoms with van der Waals surface area (Å²) in [6.45, 7) is 2.24. The van der Waals surface area contributed by atoms with E-state index in [9.17, 15) is 4.79 Å². The van der Waals surface area contributed by atoms with Crippen molar-refractivity contribution in [2.45, 2.75) is 45.4 Å². The van der Waals surface area contributed by atoms with Gasteiger partial charge < -0.3 is 9.47 Å². The van der Waals surface area contributed by atoms with Crippen molar-refractivity contribution in [2.75, 3.05) is 7.11 Å². The summed E-state index contributed by atoms with van der Waals surface area (Å²) in [6.07, 6.45) is 8.80. The number of carbonyl (C=O) groups excluding carboxylic acids is 1. The van der Waals surface area contributed by atoms with Gasteiger partial charge >= 0.3 is 5.97 Å². The number of rotatable bonds is 5. The van der Waals surface area contributed by atoms with Gasteiger partial charge in [-0.05, 0) is 55.9 Å². The highest BCUT2D eigenvalue weighted by Crippen LogP contribution is 2.35. The van der Waals surface area contributed by atoms with Crippen LogP contribution in [0.2, 0.25) is 0 Å². The Labute approximate surface area is 157 Å². The lowest BCUT2D eigenvalue weighted by molar-refractivity contribution is -0.130. The second-order valence-corrected chi connectivity index (χ2v) is 7.68. The maximum absolute atomic E-state index is 12.2. The standard InChI is InChI=1S/C20H24BrNO3/c1-3-4-13-5-7-14(8-6-13)19-22-17(20(23)25-19)12-15-11-16(21)9-10-18(15)24-2/h9-14H,3-8H2,1-2H3/b17-12-. The van der Waals surface area contributed by atoms with Crippen molar-refractivity contribution in [2.24, 2.45) is 16.8 Å². The zero-order chi connectivity index (χ0) is 17.8. The fourth-order valence-corrected chi connectivity index (χ4v) is 4.05. The molecule has 1 heterocycles. The third-order valence-electron chi connectivity index (χ3n) is 5.01. The second kappa shape index (κ2) is 8.17. The first kappa shape index (κ1) is 18.2. The molecule has 0 saturated heterocycles. The van der Waals surface area contributed by atoms with E-state index in [1.807, 2.05) is 18.2 Å². The predicted molar refractivity (Wildman–Crippen MR) is 103 cm³/mol. The molecule has 0 radical (unpaired) electrons. The van der Waals surface area contributed by atoms with Crippen LogP contribution >= 0.6 is 15.9 Å². The summed E-state index contributed by atoms with van der Waals surface area (Å²) in [5.74, 6) is 2.02. The van der Waals surface area contributed by atoms with Gasteiger partial charge in [-0.1, -0.05) is 35.7 Å². The molecule has 0 aromatic heterocycles. The Hall–Kier alpha value is -1.62. The highest BCUT2D eigenvalue weighted by molar-refractivity contribution is 9.10. The van der Waals surface area contributed by atoms with Gasteiger partial charge in [-0.2, -0.15) is 0 Å². The fraction of sp³-hybridized carbons (Fsp3) is 0.500. The Kier molecular flexibility index (Phi) is 5.94. The molecule has 0 unspecified atom stereocenters. The maximum Gasteiger partial charge on any atom is 0.363 e. The number of hydrogen-bond acceptors (Lipinski definition) is 4. The molecule has 1 fully saturated rings. The summed E-state index contributed by atoms with van der Waals surface area (Å²) < 4.78 is 11.8. The summed E-state index contributed by atoms with van der Waals surface area (Å²) in [6, 6.07) is 5.66. The highest BCUT2D eigenvalue weighted by atomic mass is 79.9. The molecular weight excluding hydrogens is 382 g/mol. The van der Waals surface area contributed by atoms with Crippen molar-refractivity contribution < 1.29 is 14.3 Å². The zero-order valence-electron chi connectivity index (χ0n) is 14.8. The number of aliphatic imine (C=N–C) groups is 1. The average Bonchev–Trinajstić information content (AvgIpc) is 2.97. The van der Waals surface area contributed by atoms with E-state index < -0.39 is 0 Å². The van der Waals surface area contributed by atoms with Gasteiger partial charge in [0.25, 0.3) is 0 Å². The lowest BCUT2D eigenvalue weighted by Gasteiger charge is -2.27. The molecule has 0 N–H and O–H groups in total. The number of carbonyl (C=O) groups is 1. The molecule has 0 amide bonds. The number of hydrogen-bond donors (Lipinski definition) is 0. The van der Waals surface area contributed by atoms with E-state index in [0.717, 1.165) is 28.8 Å². The van der Waals surface area contributed by atoms with Crippen molar-refractivity contribution >= 4 is 33.9 Å². The summed E-state index contributed by atoms with van der Waals surface area (Å²) in [5.41, 5.74) is 1.16. The van der Waals surface area contributed by atoms with Gasteiger partial charge in [-0.15, -0.1) is 0 Å². The van der Waals surface area contributed by atoms with Crippen LogP contribution in [0.15, 0.2) is 33.4 Å². The van der Waals surface area contributed by atoms with E-state index in [2.05, 4.69) is 27.8 Å². The van der Waals surface area contributed by atoms with Gasteiger partial charge in [0.05, 0.1) is 7.11 Å². The van der Waals surface area contributed by atoms with Gasteiger partial charge in [0.1, 0.15) is 5.75 Å². The third kappa shape index (κ3) is 4.32. The molecule has 25 heavy (non-hydrogen) atoms. The number of esters is 1. The van der Waals surface area contributed by atoms with Gasteiger partial charge in [0.2, 0.25) is 5.90 Å². The molecule has 2 aliphatic rings. The van der Waals surface area contributed by atoms with E-state index in [-0.39, 0.29) is 11.9 Å². The number of ether oxygens (including phenoxy) is 2. The molecule has 0 atom stereocenters. The Morgan fingerprint density at radius 2 is 2.08 bits per heavy atom. The van der Waals surface area contributed by atoms with Crippen molar-refractivity contribution in [3.05, 3.63) is 33.9 Å². The van der Waals surface area contributed by atoms with Crippen LogP contribution in [0.4, 0.5) is 0 Å². The topological polar surface area (TPSA) is 47.9 Å². The van der Waals surface area contributed by atoms with Crippen LogP contribution < -0.4 is 4.74 Å². The summed E-state index contributed by atoms with van der Waals surface area (Å²) in [7, 11) is 1.61. The molecule has 134 valence electrons. The smallest absolute Gasteiger partial charge is 0.363 e. The maximum atomic E-state index is 12.2. The molecule has 3 rings (SSSR count). The average molecular weight is 406 g/mol. The van der Waals surface area contributed by atoms with Crippen molar-refractivity contribution in [3.63, 3.8) is 0 Å². The Balaban J connectivity index is 1.76. The summed E-state index contributed by atoms with van der Waals surface area (Å²) in [4.78, 5) is 16.7. The van der Waals surface area contributed by atoms with Crippen LogP contribution in [0.25, 0.3) is 6.08 Å². The summed E-state index contributed by atoms with van der Waals surface area (Å²) >= 11 is 3.45. The molecule has 1 aliphatic carbocycles. The zero-order valence-corrected chi connectivity index (χ0v) is 16.3. The first-order chi connectivity index (χ1) is 12.1. The Morgan fingerprint density at radius 1 is 1.32 bits per heavy atom. The molecular formula is C20H24BrNO3. The van der Waals surface area contributed by atoms with E-state index >= 15 is 0 Å². The number of benzene rings is 1. The van der Waals surface area contributed by atoms with Gasteiger partial charge in [-0.3, -0.25) is 0 Å². The number of cyclic esters (lactones) is 1. The molecule has 1 aromatic carbocycles. The largest absolute Gasteiger partial charge is 0.496 e. The van der Waals surface area contributed by atoms with Crippen LogP contribution in [-0.4, -0.2) is 19.0 Å². The van der Waals surface area contributed by atoms with Gasteiger partial charge in [-0.25, -0.2) is 9.79 Å². The van der Waals surface area contributed by atoms with Crippen molar-refractivity contribution in [1.29, 1.82) is 0 Å². The monoisotopic (exact) mass is 405 g/mol. The number of methoxy groups -OCH3 is 1. The van der Waals surface area contributed by atoms with Crippen LogP contribution in [-0.2, 0) is 9.53 Å². The number of halogens is 1. The lowest BCUT2D eigenvalue weighted by atomic mass is 9.80.